The van der Waals surface area contributed by atoms with Crippen LogP contribution in [-0.4, -0.2) is 24.0 Å². The topological polar surface area (TPSA) is 67.2 Å². The molecular weight excluding hydrogens is 302 g/mol. The van der Waals surface area contributed by atoms with Crippen LogP contribution in [0.25, 0.3) is 11.5 Å². The zero-order valence-corrected chi connectivity index (χ0v) is 14.3. The van der Waals surface area contributed by atoms with Gasteiger partial charge in [-0.05, 0) is 62.4 Å². The zero-order valence-electron chi connectivity index (χ0n) is 14.3. The molecule has 0 saturated carbocycles. The number of carbonyl (C=O) groups excluding carboxylic acids is 1. The lowest BCUT2D eigenvalue weighted by Crippen LogP contribution is -2.32. The van der Waals surface area contributed by atoms with Gasteiger partial charge in [-0.1, -0.05) is 13.0 Å². The van der Waals surface area contributed by atoms with Crippen molar-refractivity contribution < 1.29 is 9.21 Å². The fraction of sp³-hybridized carbons (Fsp3) is 0.474. The molecule has 1 unspecified atom stereocenters. The predicted octanol–water partition coefficient (Wildman–Crippen LogP) is 3.61. The average Bonchev–Trinajstić information content (AvgIpc) is 3.11. The third-order valence-electron chi connectivity index (χ3n) is 4.88. The quantitative estimate of drug-likeness (QED) is 0.880. The van der Waals surface area contributed by atoms with E-state index in [4.69, 9.17) is 4.42 Å². The highest BCUT2D eigenvalue weighted by Crippen LogP contribution is 2.27. The molecule has 5 nitrogen and oxygen atoms in total. The third-order valence-corrected chi connectivity index (χ3v) is 4.88. The van der Waals surface area contributed by atoms with Gasteiger partial charge in [-0.3, -0.25) is 4.79 Å². The van der Waals surface area contributed by atoms with Crippen LogP contribution in [0.3, 0.4) is 0 Å². The molecular formula is C19H25N3O2. The van der Waals surface area contributed by atoms with E-state index in [0.717, 1.165) is 42.7 Å². The molecule has 128 valence electrons. The summed E-state index contributed by atoms with van der Waals surface area (Å²) in [4.78, 5) is 16.6. The van der Waals surface area contributed by atoms with Gasteiger partial charge in [0, 0.05) is 17.7 Å². The Morgan fingerprint density at radius 3 is 2.92 bits per heavy atom. The molecule has 1 aliphatic rings. The average molecular weight is 327 g/mol. The number of hydrogen-bond donors (Lipinski definition) is 2. The lowest BCUT2D eigenvalue weighted by molar-refractivity contribution is -0.117. The van der Waals surface area contributed by atoms with Crippen LogP contribution < -0.4 is 10.6 Å². The van der Waals surface area contributed by atoms with E-state index in [0.29, 0.717) is 24.1 Å². The number of piperidine rings is 1. The Balaban J connectivity index is 1.63. The molecule has 0 aliphatic carbocycles. The number of aryl methyl sites for hydroxylation is 1. The first-order valence-electron chi connectivity index (χ1n) is 8.64. The number of carbonyl (C=O) groups is 1. The number of benzene rings is 1. The van der Waals surface area contributed by atoms with Crippen molar-refractivity contribution in [2.45, 2.75) is 33.1 Å². The van der Waals surface area contributed by atoms with Crippen LogP contribution in [0, 0.1) is 18.8 Å². The van der Waals surface area contributed by atoms with Crippen LogP contribution in [0.2, 0.25) is 0 Å². The van der Waals surface area contributed by atoms with E-state index in [1.54, 1.807) is 12.5 Å². The fourth-order valence-corrected chi connectivity index (χ4v) is 3.37. The highest BCUT2D eigenvalue weighted by molar-refractivity contribution is 5.91. The van der Waals surface area contributed by atoms with E-state index < -0.39 is 0 Å². The highest BCUT2D eigenvalue weighted by Gasteiger charge is 2.22. The number of amides is 1. The summed E-state index contributed by atoms with van der Waals surface area (Å²) < 4.78 is 5.37. The predicted molar refractivity (Wildman–Crippen MR) is 94.7 cm³/mol. The Labute approximate surface area is 142 Å². The number of aromatic nitrogens is 1. The Hall–Kier alpha value is -2.14. The van der Waals surface area contributed by atoms with Crippen molar-refractivity contribution in [2.24, 2.45) is 11.8 Å². The molecule has 0 radical (unpaired) electrons. The molecule has 2 aromatic rings. The molecule has 1 aromatic carbocycles. The smallest absolute Gasteiger partial charge is 0.226 e. The van der Waals surface area contributed by atoms with Gasteiger partial charge >= 0.3 is 0 Å². The van der Waals surface area contributed by atoms with Crippen LogP contribution >= 0.6 is 0 Å². The third kappa shape index (κ3) is 4.03. The highest BCUT2D eigenvalue weighted by atomic mass is 16.3. The maximum atomic E-state index is 12.4. The molecule has 24 heavy (non-hydrogen) atoms. The molecule has 1 saturated heterocycles. The number of anilines is 1. The second-order valence-electron chi connectivity index (χ2n) is 6.68. The monoisotopic (exact) mass is 327 g/mol. The van der Waals surface area contributed by atoms with Gasteiger partial charge < -0.3 is 15.1 Å². The number of nitrogens with zero attached hydrogens (tertiary/aromatic N) is 1. The van der Waals surface area contributed by atoms with Crippen LogP contribution in [0.1, 0.15) is 31.7 Å². The Kier molecular flexibility index (Phi) is 5.30. The summed E-state index contributed by atoms with van der Waals surface area (Å²) in [6.07, 6.45) is 6.06. The van der Waals surface area contributed by atoms with Crippen molar-refractivity contribution in [3.05, 3.63) is 36.2 Å². The summed E-state index contributed by atoms with van der Waals surface area (Å²) >= 11 is 0. The van der Waals surface area contributed by atoms with Gasteiger partial charge in [0.2, 0.25) is 11.8 Å². The van der Waals surface area contributed by atoms with Crippen molar-refractivity contribution in [1.82, 2.24) is 10.3 Å². The van der Waals surface area contributed by atoms with Crippen molar-refractivity contribution in [1.29, 1.82) is 0 Å². The van der Waals surface area contributed by atoms with Crippen molar-refractivity contribution >= 4 is 11.6 Å². The Morgan fingerprint density at radius 1 is 1.42 bits per heavy atom. The number of oxazole rings is 1. The second-order valence-corrected chi connectivity index (χ2v) is 6.68. The van der Waals surface area contributed by atoms with Gasteiger partial charge in [0.1, 0.15) is 6.26 Å². The molecule has 2 heterocycles. The number of rotatable bonds is 5. The summed E-state index contributed by atoms with van der Waals surface area (Å²) in [7, 11) is 0. The minimum absolute atomic E-state index is 0.0724. The molecule has 5 heteroatoms. The van der Waals surface area contributed by atoms with E-state index >= 15 is 0 Å². The van der Waals surface area contributed by atoms with Crippen molar-refractivity contribution in [3.63, 3.8) is 0 Å². The van der Waals surface area contributed by atoms with Crippen LogP contribution in [-0.2, 0) is 4.79 Å². The van der Waals surface area contributed by atoms with E-state index in [2.05, 4.69) is 22.5 Å². The molecule has 0 bridgehead atoms. The van der Waals surface area contributed by atoms with E-state index in [1.807, 2.05) is 25.1 Å². The minimum atomic E-state index is 0.0724. The summed E-state index contributed by atoms with van der Waals surface area (Å²) in [5.41, 5.74) is 2.76. The van der Waals surface area contributed by atoms with Crippen molar-refractivity contribution in [3.8, 4) is 11.5 Å². The van der Waals surface area contributed by atoms with E-state index in [1.165, 1.54) is 0 Å². The lowest BCUT2D eigenvalue weighted by atomic mass is 9.84. The molecule has 3 rings (SSSR count). The molecule has 1 aliphatic heterocycles. The summed E-state index contributed by atoms with van der Waals surface area (Å²) in [5.74, 6) is 1.69. The van der Waals surface area contributed by atoms with Gasteiger partial charge in [-0.2, -0.15) is 0 Å². The molecule has 1 fully saturated rings. The molecule has 1 atom stereocenters. The normalized spacial score (nSPS) is 16.8. The summed E-state index contributed by atoms with van der Waals surface area (Å²) in [5, 5.41) is 6.39. The summed E-state index contributed by atoms with van der Waals surface area (Å²) in [6.45, 7) is 6.31. The molecule has 1 aromatic heterocycles. The minimum Gasteiger partial charge on any atom is -0.445 e. The van der Waals surface area contributed by atoms with Crippen molar-refractivity contribution in [2.75, 3.05) is 18.4 Å². The van der Waals surface area contributed by atoms with Gasteiger partial charge in [-0.25, -0.2) is 4.98 Å². The van der Waals surface area contributed by atoms with Crippen LogP contribution in [0.15, 0.2) is 35.1 Å². The summed E-state index contributed by atoms with van der Waals surface area (Å²) in [6, 6.07) is 5.83. The second kappa shape index (κ2) is 7.62. The number of hydrogen-bond acceptors (Lipinski definition) is 4. The first-order valence-corrected chi connectivity index (χ1v) is 8.64. The van der Waals surface area contributed by atoms with Crippen LogP contribution in [0.5, 0.6) is 0 Å². The van der Waals surface area contributed by atoms with Crippen LogP contribution in [0.4, 0.5) is 5.69 Å². The van der Waals surface area contributed by atoms with Gasteiger partial charge in [0.05, 0.1) is 6.20 Å². The van der Waals surface area contributed by atoms with Gasteiger partial charge in [-0.15, -0.1) is 0 Å². The molecule has 0 spiro atoms. The van der Waals surface area contributed by atoms with E-state index in [-0.39, 0.29) is 5.91 Å². The fourth-order valence-electron chi connectivity index (χ4n) is 3.37. The first kappa shape index (κ1) is 16.7. The molecule has 2 N–H and O–H groups in total. The Bertz CT molecular complexity index is 676. The maximum Gasteiger partial charge on any atom is 0.226 e. The molecule has 1 amide bonds. The Morgan fingerprint density at radius 2 is 2.21 bits per heavy atom. The maximum absolute atomic E-state index is 12.4. The van der Waals surface area contributed by atoms with Gasteiger partial charge in [0.25, 0.3) is 0 Å². The van der Waals surface area contributed by atoms with Gasteiger partial charge in [0.15, 0.2) is 0 Å². The SMILES string of the molecule is Cc1ccc(NC(=O)CC(C)C2CCNCC2)cc1-c1ncco1. The lowest BCUT2D eigenvalue weighted by Gasteiger charge is -2.27. The van der Waals surface area contributed by atoms with E-state index in [9.17, 15) is 4.79 Å². The zero-order chi connectivity index (χ0) is 16.9. The number of nitrogens with one attached hydrogen (secondary N) is 2. The first-order chi connectivity index (χ1) is 11.6. The standard InChI is InChI=1S/C19H25N3O2/c1-13-3-4-16(12-17(13)19-21-9-10-24-19)22-18(23)11-14(2)15-5-7-20-8-6-15/h3-4,9-10,12,14-15,20H,5-8,11H2,1-2H3,(H,22,23). The largest absolute Gasteiger partial charge is 0.445 e.